The summed E-state index contributed by atoms with van der Waals surface area (Å²) >= 11 is 5.68. The Labute approximate surface area is 250 Å². The first-order chi connectivity index (χ1) is 20.0. The van der Waals surface area contributed by atoms with Crippen molar-refractivity contribution in [3.05, 3.63) is 110 Å². The number of pyridine rings is 1. The van der Waals surface area contributed by atoms with Gasteiger partial charge in [-0.1, -0.05) is 73.5 Å². The van der Waals surface area contributed by atoms with E-state index in [1.807, 2.05) is 30.3 Å². The number of nitro groups is 1. The molecule has 0 amide bonds. The molecule has 10 nitrogen and oxygen atoms in total. The smallest absolute Gasteiger partial charge is 0.310 e. The zero-order valence-corrected chi connectivity index (χ0v) is 25.0. The Morgan fingerprint density at radius 3 is 2.67 bits per heavy atom. The topological polar surface area (TPSA) is 123 Å². The number of benzene rings is 1. The van der Waals surface area contributed by atoms with E-state index in [1.54, 1.807) is 23.4 Å². The number of esters is 1. The van der Waals surface area contributed by atoms with Crippen LogP contribution in [0.3, 0.4) is 0 Å². The first-order valence-electron chi connectivity index (χ1n) is 13.8. The van der Waals surface area contributed by atoms with Gasteiger partial charge in [0.15, 0.2) is 5.03 Å². The van der Waals surface area contributed by atoms with Gasteiger partial charge in [0.1, 0.15) is 22.6 Å². The molecule has 1 aliphatic heterocycles. The second kappa shape index (κ2) is 13.7. The number of carbonyl (C=O) groups excluding carboxylic acids is 1. The van der Waals surface area contributed by atoms with E-state index in [0.29, 0.717) is 24.8 Å². The lowest BCUT2D eigenvalue weighted by atomic mass is 10.1. The Bertz CT molecular complexity index is 1430. The minimum absolute atomic E-state index is 0.0107. The second-order valence-electron chi connectivity index (χ2n) is 11.3. The van der Waals surface area contributed by atoms with Crippen molar-refractivity contribution in [3.8, 4) is 0 Å². The van der Waals surface area contributed by atoms with Crippen LogP contribution in [0.2, 0.25) is 5.15 Å². The van der Waals surface area contributed by atoms with Crippen LogP contribution >= 0.6 is 11.6 Å². The zero-order valence-electron chi connectivity index (χ0n) is 24.2. The Kier molecular flexibility index (Phi) is 10.0. The maximum atomic E-state index is 12.4. The Morgan fingerprint density at radius 2 is 2.00 bits per heavy atom. The van der Waals surface area contributed by atoms with Gasteiger partial charge in [-0.2, -0.15) is 0 Å². The predicted octanol–water partition coefficient (Wildman–Crippen LogP) is 5.84. The molecule has 11 heteroatoms. The molecule has 1 aliphatic carbocycles. The standard InChI is InChI=1S/C22H26O3.C9H10ClN5O2/c1-15(2)10-19-20(22(19,3)4)21(23)25-14-17-12-18(24-13-17)11-16-8-6-5-7-9-16;10-8-2-1-7(5-12-8)6-14-4-3-11-9(14)13-15(16)17/h5-10,12-13,19-20H,11,14H2,1-4H3;1-2,5H,3-4,6H2,(H,11,13)/t19-,20+;/m1./s1. The van der Waals surface area contributed by atoms with Gasteiger partial charge in [-0.3, -0.25) is 4.79 Å². The van der Waals surface area contributed by atoms with Crippen molar-refractivity contribution in [2.24, 2.45) is 22.4 Å². The summed E-state index contributed by atoms with van der Waals surface area (Å²) in [5, 5.41) is 16.2. The van der Waals surface area contributed by atoms with Crippen LogP contribution in [0.1, 0.15) is 50.1 Å². The summed E-state index contributed by atoms with van der Waals surface area (Å²) in [4.78, 5) is 28.5. The molecule has 2 aliphatic rings. The first-order valence-corrected chi connectivity index (χ1v) is 14.1. The highest BCUT2D eigenvalue weighted by Crippen LogP contribution is 2.59. The molecule has 0 spiro atoms. The summed E-state index contributed by atoms with van der Waals surface area (Å²) in [5.41, 5.74) is 4.26. The molecule has 2 atom stereocenters. The predicted molar refractivity (Wildman–Crippen MR) is 160 cm³/mol. The van der Waals surface area contributed by atoms with Crippen molar-refractivity contribution in [2.75, 3.05) is 13.1 Å². The van der Waals surface area contributed by atoms with Gasteiger partial charge in [-0.15, -0.1) is 0 Å². The molecule has 1 saturated heterocycles. The van der Waals surface area contributed by atoms with Crippen molar-refractivity contribution in [3.63, 3.8) is 0 Å². The SMILES string of the molecule is CC(C)=C[C@@H]1[C@@H](C(=O)OCc2coc(Cc3ccccc3)c2)C1(C)C.O=[N+]([O-])/N=C1\NCCN1Cc1ccc(Cl)nc1. The van der Waals surface area contributed by atoms with Gasteiger partial charge in [0.25, 0.3) is 5.96 Å². The van der Waals surface area contributed by atoms with Crippen LogP contribution in [0.15, 0.2) is 82.2 Å². The Hall–Kier alpha value is -4.18. The molecule has 3 aromatic rings. The minimum atomic E-state index is -0.708. The number of rotatable bonds is 9. The second-order valence-corrected chi connectivity index (χ2v) is 11.6. The molecule has 2 aromatic heterocycles. The van der Waals surface area contributed by atoms with Gasteiger partial charge in [-0.05, 0) is 48.4 Å². The highest BCUT2D eigenvalue weighted by Gasteiger charge is 2.61. The number of furan rings is 1. The highest BCUT2D eigenvalue weighted by molar-refractivity contribution is 6.29. The Balaban J connectivity index is 0.000000208. The van der Waals surface area contributed by atoms with E-state index in [1.165, 1.54) is 11.1 Å². The molecule has 0 radical (unpaired) electrons. The van der Waals surface area contributed by atoms with Gasteiger partial charge in [0.05, 0.1) is 12.2 Å². The van der Waals surface area contributed by atoms with E-state index in [4.69, 9.17) is 20.8 Å². The van der Waals surface area contributed by atoms with E-state index < -0.39 is 5.03 Å². The van der Waals surface area contributed by atoms with Gasteiger partial charge in [-0.25, -0.2) is 15.1 Å². The average molecular weight is 594 g/mol. The molecule has 1 aromatic carbocycles. The van der Waals surface area contributed by atoms with Crippen LogP contribution in [0, 0.1) is 27.4 Å². The quantitative estimate of drug-likeness (QED) is 0.108. The summed E-state index contributed by atoms with van der Waals surface area (Å²) in [6, 6.07) is 15.6. The highest BCUT2D eigenvalue weighted by atomic mass is 35.5. The zero-order chi connectivity index (χ0) is 30.3. The molecule has 0 unspecified atom stereocenters. The molecule has 2 fully saturated rings. The number of allylic oxidation sites excluding steroid dienone is 2. The van der Waals surface area contributed by atoms with E-state index in [9.17, 15) is 14.9 Å². The monoisotopic (exact) mass is 593 g/mol. The first kappa shape index (κ1) is 30.8. The van der Waals surface area contributed by atoms with E-state index in [0.717, 1.165) is 23.3 Å². The third-order valence-electron chi connectivity index (χ3n) is 7.29. The average Bonchev–Trinajstić information content (AvgIpc) is 3.29. The number of nitrogens with one attached hydrogen (secondary N) is 1. The molecule has 42 heavy (non-hydrogen) atoms. The summed E-state index contributed by atoms with van der Waals surface area (Å²) in [5.74, 6) is 1.29. The van der Waals surface area contributed by atoms with Crippen molar-refractivity contribution in [1.82, 2.24) is 15.2 Å². The van der Waals surface area contributed by atoms with Crippen LogP contribution in [0.5, 0.6) is 0 Å². The number of guanidine groups is 1. The van der Waals surface area contributed by atoms with Gasteiger partial charge < -0.3 is 19.4 Å². The van der Waals surface area contributed by atoms with Crippen LogP contribution in [0.4, 0.5) is 0 Å². The number of hydrazone groups is 1. The Morgan fingerprint density at radius 1 is 1.24 bits per heavy atom. The number of carbonyl (C=O) groups is 1. The number of hydrogen-bond donors (Lipinski definition) is 1. The largest absolute Gasteiger partial charge is 0.469 e. The van der Waals surface area contributed by atoms with E-state index in [-0.39, 0.29) is 35.8 Å². The van der Waals surface area contributed by atoms with E-state index in [2.05, 4.69) is 61.3 Å². The van der Waals surface area contributed by atoms with E-state index >= 15 is 0 Å². The minimum Gasteiger partial charge on any atom is -0.469 e. The van der Waals surface area contributed by atoms with Crippen molar-refractivity contribution in [1.29, 1.82) is 0 Å². The summed E-state index contributed by atoms with van der Waals surface area (Å²) in [6.45, 7) is 10.5. The van der Waals surface area contributed by atoms with Crippen LogP contribution < -0.4 is 5.32 Å². The van der Waals surface area contributed by atoms with Gasteiger partial charge in [0, 0.05) is 37.8 Å². The maximum absolute atomic E-state index is 12.4. The molecule has 1 N–H and O–H groups in total. The molecule has 5 rings (SSSR count). The fourth-order valence-electron chi connectivity index (χ4n) is 5.00. The van der Waals surface area contributed by atoms with Gasteiger partial charge in [0.2, 0.25) is 0 Å². The lowest BCUT2D eigenvalue weighted by molar-refractivity contribution is -0.485. The molecule has 222 valence electrons. The number of nitrogens with zero attached hydrogens (tertiary/aromatic N) is 4. The van der Waals surface area contributed by atoms with Crippen LogP contribution in [-0.4, -0.2) is 39.9 Å². The third-order valence-corrected chi connectivity index (χ3v) is 7.51. The normalized spacial score (nSPS) is 19.4. The molecule has 1 saturated carbocycles. The third kappa shape index (κ3) is 8.42. The van der Waals surface area contributed by atoms with Gasteiger partial charge >= 0.3 is 5.97 Å². The van der Waals surface area contributed by atoms with Crippen LogP contribution in [-0.2, 0) is 29.1 Å². The summed E-state index contributed by atoms with van der Waals surface area (Å²) < 4.78 is 11.1. The van der Waals surface area contributed by atoms with Crippen molar-refractivity contribution >= 4 is 23.5 Å². The summed E-state index contributed by atoms with van der Waals surface area (Å²) in [7, 11) is 0. The molecule has 3 heterocycles. The number of ether oxygens (including phenoxy) is 1. The van der Waals surface area contributed by atoms with Crippen molar-refractivity contribution < 1.29 is 19.0 Å². The lowest BCUT2D eigenvalue weighted by Crippen LogP contribution is -2.30. The lowest BCUT2D eigenvalue weighted by Gasteiger charge is -2.14. The molecular weight excluding hydrogens is 558 g/mol. The number of aromatic nitrogens is 1. The number of halogens is 1. The number of hydrogen-bond acceptors (Lipinski definition) is 6. The van der Waals surface area contributed by atoms with Crippen LogP contribution in [0.25, 0.3) is 0 Å². The molecular formula is C31H36ClN5O5. The fraction of sp³-hybridized carbons (Fsp3) is 0.387. The molecule has 0 bridgehead atoms. The summed E-state index contributed by atoms with van der Waals surface area (Å²) in [6.07, 6.45) is 6.25. The maximum Gasteiger partial charge on any atom is 0.310 e. The van der Waals surface area contributed by atoms with Crippen molar-refractivity contribution in [2.45, 2.75) is 47.3 Å². The fourth-order valence-corrected chi connectivity index (χ4v) is 5.12.